The van der Waals surface area contributed by atoms with Crippen molar-refractivity contribution in [2.24, 2.45) is 5.92 Å². The minimum absolute atomic E-state index is 0.0476. The van der Waals surface area contributed by atoms with Crippen LogP contribution in [0.15, 0.2) is 18.2 Å². The number of pyridine rings is 1. The maximum atomic E-state index is 12.8. The van der Waals surface area contributed by atoms with E-state index in [0.717, 1.165) is 79.0 Å². The molecule has 1 aromatic heterocycles. The summed E-state index contributed by atoms with van der Waals surface area (Å²) >= 11 is 6.66. The van der Waals surface area contributed by atoms with Crippen LogP contribution in [-0.2, 0) is 17.6 Å². The van der Waals surface area contributed by atoms with Crippen molar-refractivity contribution in [2.75, 3.05) is 26.2 Å². The third-order valence-electron chi connectivity index (χ3n) is 5.88. The highest BCUT2D eigenvalue weighted by atomic mass is 35.5. The molecule has 1 amide bonds. The SMILES string of the molecule is CCCC(=O)O.N#CCC1CCc2c(nc3cc(C(=O)N4CCNCC4)ccc3c2Cl)C1. The second-order valence-electron chi connectivity index (χ2n) is 8.24. The zero-order valence-corrected chi connectivity index (χ0v) is 19.1. The highest BCUT2D eigenvalue weighted by Gasteiger charge is 2.24. The second-order valence-corrected chi connectivity index (χ2v) is 8.62. The maximum Gasteiger partial charge on any atom is 0.303 e. The Morgan fingerprint density at radius 1 is 1.34 bits per heavy atom. The predicted octanol–water partition coefficient (Wildman–Crippen LogP) is 3.82. The molecule has 0 radical (unpaired) electrons. The molecule has 1 aliphatic heterocycles. The van der Waals surface area contributed by atoms with E-state index in [9.17, 15) is 9.59 Å². The van der Waals surface area contributed by atoms with Gasteiger partial charge in [0.25, 0.3) is 5.91 Å². The molecule has 8 heteroatoms. The Morgan fingerprint density at radius 3 is 2.72 bits per heavy atom. The summed E-state index contributed by atoms with van der Waals surface area (Å²) in [6.45, 7) is 4.96. The van der Waals surface area contributed by atoms with E-state index in [4.69, 9.17) is 27.0 Å². The molecule has 32 heavy (non-hydrogen) atoms. The van der Waals surface area contributed by atoms with Crippen molar-refractivity contribution in [1.82, 2.24) is 15.2 Å². The van der Waals surface area contributed by atoms with Crippen LogP contribution < -0.4 is 5.32 Å². The Hall–Kier alpha value is -2.69. The van der Waals surface area contributed by atoms with Crippen LogP contribution in [0.25, 0.3) is 10.9 Å². The molecule has 1 unspecified atom stereocenters. The van der Waals surface area contributed by atoms with Crippen molar-refractivity contribution in [3.63, 3.8) is 0 Å². The summed E-state index contributed by atoms with van der Waals surface area (Å²) < 4.78 is 0. The molecule has 170 valence electrons. The number of hydrogen-bond acceptors (Lipinski definition) is 5. The Bertz CT molecular complexity index is 1030. The third kappa shape index (κ3) is 5.76. The molecule has 2 aliphatic rings. The van der Waals surface area contributed by atoms with Gasteiger partial charge >= 0.3 is 5.97 Å². The molecule has 4 rings (SSSR count). The summed E-state index contributed by atoms with van der Waals surface area (Å²) in [5.41, 5.74) is 3.52. The number of carboxylic acids is 1. The van der Waals surface area contributed by atoms with Crippen molar-refractivity contribution in [3.05, 3.63) is 40.0 Å². The molecule has 2 N–H and O–H groups in total. The standard InChI is InChI=1S/C20H21ClN4O.C4H8O2/c21-19-15-3-1-13(5-6-22)11-17(15)24-18-12-14(2-4-16(18)19)20(26)25-9-7-23-8-10-25;1-2-3-4(5)6/h2,4,12-13,23H,1,3,5,7-11H2;2-3H2,1H3,(H,5,6). The molecule has 1 saturated heterocycles. The van der Waals surface area contributed by atoms with Gasteiger partial charge in [0.1, 0.15) is 0 Å². The van der Waals surface area contributed by atoms with Gasteiger partial charge in [-0.1, -0.05) is 24.6 Å². The third-order valence-corrected chi connectivity index (χ3v) is 6.31. The number of benzene rings is 1. The fourth-order valence-electron chi connectivity index (χ4n) is 4.16. The smallest absolute Gasteiger partial charge is 0.303 e. The van der Waals surface area contributed by atoms with Gasteiger partial charge in [-0.05, 0) is 49.3 Å². The molecular weight excluding hydrogens is 428 g/mol. The number of aliphatic carboxylic acids is 1. The van der Waals surface area contributed by atoms with Crippen molar-refractivity contribution < 1.29 is 14.7 Å². The van der Waals surface area contributed by atoms with Gasteiger partial charge in [0, 0.05) is 55.7 Å². The number of amides is 1. The van der Waals surface area contributed by atoms with Crippen LogP contribution in [0.5, 0.6) is 0 Å². The van der Waals surface area contributed by atoms with Gasteiger partial charge in [0.2, 0.25) is 0 Å². The fourth-order valence-corrected chi connectivity index (χ4v) is 4.52. The van der Waals surface area contributed by atoms with E-state index >= 15 is 0 Å². The Kier molecular flexibility index (Phi) is 8.43. The normalized spacial score (nSPS) is 17.7. The molecule has 2 aromatic rings. The van der Waals surface area contributed by atoms with Crippen LogP contribution in [0.4, 0.5) is 0 Å². The predicted molar refractivity (Wildman–Crippen MR) is 124 cm³/mol. The highest BCUT2D eigenvalue weighted by molar-refractivity contribution is 6.36. The minimum Gasteiger partial charge on any atom is -0.481 e. The van der Waals surface area contributed by atoms with Crippen molar-refractivity contribution in [1.29, 1.82) is 5.26 Å². The van der Waals surface area contributed by atoms with Gasteiger partial charge in [0.15, 0.2) is 0 Å². The number of halogens is 1. The van der Waals surface area contributed by atoms with Gasteiger partial charge in [-0.3, -0.25) is 14.6 Å². The summed E-state index contributed by atoms with van der Waals surface area (Å²) in [6, 6.07) is 7.90. The first-order chi connectivity index (χ1) is 15.4. The van der Waals surface area contributed by atoms with Crippen LogP contribution >= 0.6 is 11.6 Å². The molecule has 1 fully saturated rings. The molecule has 1 aliphatic carbocycles. The summed E-state index contributed by atoms with van der Waals surface area (Å²) in [5, 5.41) is 21.8. The van der Waals surface area contributed by atoms with Crippen molar-refractivity contribution >= 4 is 34.4 Å². The number of nitrogens with one attached hydrogen (secondary N) is 1. The number of fused-ring (bicyclic) bond motifs is 2. The first kappa shape index (κ1) is 24.0. The molecule has 0 saturated carbocycles. The lowest BCUT2D eigenvalue weighted by Crippen LogP contribution is -2.46. The monoisotopic (exact) mass is 456 g/mol. The van der Waals surface area contributed by atoms with Crippen LogP contribution in [0.1, 0.15) is 54.2 Å². The van der Waals surface area contributed by atoms with E-state index in [-0.39, 0.29) is 5.91 Å². The number of nitriles is 1. The summed E-state index contributed by atoms with van der Waals surface area (Å²) in [4.78, 5) is 29.1. The summed E-state index contributed by atoms with van der Waals surface area (Å²) in [5.74, 6) is -0.317. The molecular formula is C24H29ClN4O3. The number of carbonyl (C=O) groups is 2. The quantitative estimate of drug-likeness (QED) is 0.724. The Labute approximate surface area is 193 Å². The minimum atomic E-state index is -0.711. The number of aromatic nitrogens is 1. The number of hydrogen-bond donors (Lipinski definition) is 2. The van der Waals surface area contributed by atoms with E-state index in [1.165, 1.54) is 0 Å². The summed E-state index contributed by atoms with van der Waals surface area (Å²) in [7, 11) is 0. The van der Waals surface area contributed by atoms with Gasteiger partial charge in [-0.15, -0.1) is 0 Å². The van der Waals surface area contributed by atoms with Crippen molar-refractivity contribution in [3.8, 4) is 6.07 Å². The average molecular weight is 457 g/mol. The van der Waals surface area contributed by atoms with Crippen LogP contribution in [-0.4, -0.2) is 53.0 Å². The van der Waals surface area contributed by atoms with E-state index in [2.05, 4.69) is 11.4 Å². The van der Waals surface area contributed by atoms with Gasteiger partial charge in [0.05, 0.1) is 16.6 Å². The number of rotatable bonds is 4. The van der Waals surface area contributed by atoms with E-state index in [0.29, 0.717) is 24.3 Å². The lowest BCUT2D eigenvalue weighted by molar-refractivity contribution is -0.137. The number of carboxylic acid groups (broad SMARTS) is 1. The lowest BCUT2D eigenvalue weighted by Gasteiger charge is -2.27. The summed E-state index contributed by atoms with van der Waals surface area (Å²) in [6.07, 6.45) is 4.21. The van der Waals surface area contributed by atoms with Crippen LogP contribution in [0, 0.1) is 17.2 Å². The fraction of sp³-hybridized carbons (Fsp3) is 0.500. The molecule has 1 atom stereocenters. The van der Waals surface area contributed by atoms with E-state index < -0.39 is 5.97 Å². The first-order valence-electron chi connectivity index (χ1n) is 11.1. The lowest BCUT2D eigenvalue weighted by atomic mass is 9.84. The van der Waals surface area contributed by atoms with Gasteiger partial charge in [-0.25, -0.2) is 0 Å². The topological polar surface area (TPSA) is 106 Å². The van der Waals surface area contributed by atoms with E-state index in [1.807, 2.05) is 30.0 Å². The Morgan fingerprint density at radius 2 is 2.09 bits per heavy atom. The zero-order valence-electron chi connectivity index (χ0n) is 18.4. The van der Waals surface area contributed by atoms with Gasteiger partial charge in [-0.2, -0.15) is 5.26 Å². The number of carbonyl (C=O) groups excluding carboxylic acids is 1. The van der Waals surface area contributed by atoms with Crippen LogP contribution in [0.2, 0.25) is 5.02 Å². The van der Waals surface area contributed by atoms with Crippen LogP contribution in [0.3, 0.4) is 0 Å². The van der Waals surface area contributed by atoms with Gasteiger partial charge < -0.3 is 15.3 Å². The molecule has 7 nitrogen and oxygen atoms in total. The molecule has 2 heterocycles. The average Bonchev–Trinajstić information content (AvgIpc) is 2.79. The largest absolute Gasteiger partial charge is 0.481 e. The highest BCUT2D eigenvalue weighted by Crippen LogP contribution is 2.35. The maximum absolute atomic E-state index is 12.8. The Balaban J connectivity index is 0.000000427. The first-order valence-corrected chi connectivity index (χ1v) is 11.5. The number of piperazine rings is 1. The molecule has 1 aromatic carbocycles. The molecule has 0 bridgehead atoms. The molecule has 0 spiro atoms. The second kappa shape index (κ2) is 11.3. The zero-order chi connectivity index (χ0) is 23.1. The number of nitrogens with zero attached hydrogens (tertiary/aromatic N) is 3. The van der Waals surface area contributed by atoms with Crippen molar-refractivity contribution in [2.45, 2.75) is 45.4 Å². The van der Waals surface area contributed by atoms with E-state index in [1.54, 1.807) is 0 Å².